The predicted molar refractivity (Wildman–Crippen MR) is 71.1 cm³/mol. The minimum absolute atomic E-state index is 0.0634. The molecule has 1 fully saturated rings. The lowest BCUT2D eigenvalue weighted by Crippen LogP contribution is -2.21. The zero-order chi connectivity index (χ0) is 12.5. The smallest absolute Gasteiger partial charge is 0.306 e. The van der Waals surface area contributed by atoms with Crippen LogP contribution in [0, 0.1) is 11.8 Å². The summed E-state index contributed by atoms with van der Waals surface area (Å²) >= 11 is 0. The average Bonchev–Trinajstić information content (AvgIpc) is 2.24. The van der Waals surface area contributed by atoms with Crippen LogP contribution in [0.2, 0.25) is 0 Å². The largest absolute Gasteiger partial charge is 0.481 e. The Morgan fingerprint density at radius 3 is 2.35 bits per heavy atom. The van der Waals surface area contributed by atoms with Gasteiger partial charge in [0.15, 0.2) is 0 Å². The highest BCUT2D eigenvalue weighted by atomic mass is 16.4. The Morgan fingerprint density at radius 1 is 1.18 bits per heavy atom. The third-order valence-electron chi connectivity index (χ3n) is 4.10. The summed E-state index contributed by atoms with van der Waals surface area (Å²) in [5.74, 6) is 0.0909. The number of carbonyl (C=O) groups is 1. The molecule has 0 aromatic heterocycles. The number of hydrogen-bond acceptors (Lipinski definition) is 1. The summed E-state index contributed by atoms with van der Waals surface area (Å²) in [4.78, 5) is 11.1. The van der Waals surface area contributed by atoms with Crippen LogP contribution in [0.3, 0.4) is 0 Å². The molecule has 1 atom stereocenters. The van der Waals surface area contributed by atoms with Crippen LogP contribution in [0.25, 0.3) is 0 Å². The zero-order valence-electron chi connectivity index (χ0n) is 11.3. The van der Waals surface area contributed by atoms with Gasteiger partial charge < -0.3 is 5.11 Å². The summed E-state index contributed by atoms with van der Waals surface area (Å²) in [7, 11) is 0. The van der Waals surface area contributed by atoms with Crippen molar-refractivity contribution in [3.63, 3.8) is 0 Å². The van der Waals surface area contributed by atoms with E-state index in [1.54, 1.807) is 0 Å². The quantitative estimate of drug-likeness (QED) is 0.565. The van der Waals surface area contributed by atoms with Crippen molar-refractivity contribution >= 4 is 5.97 Å². The van der Waals surface area contributed by atoms with Crippen molar-refractivity contribution in [2.75, 3.05) is 0 Å². The predicted octanol–water partition coefficient (Wildman–Crippen LogP) is 4.63. The van der Waals surface area contributed by atoms with E-state index >= 15 is 0 Å². The molecule has 0 heterocycles. The van der Waals surface area contributed by atoms with Crippen LogP contribution in [0.15, 0.2) is 0 Å². The van der Waals surface area contributed by atoms with Gasteiger partial charge in [-0.15, -0.1) is 0 Å². The number of rotatable bonds is 10. The van der Waals surface area contributed by atoms with E-state index < -0.39 is 5.97 Å². The molecule has 1 saturated carbocycles. The second-order valence-electron chi connectivity index (χ2n) is 5.62. The molecule has 0 bridgehead atoms. The normalized spacial score (nSPS) is 17.7. The monoisotopic (exact) mass is 240 g/mol. The molecule has 1 aliphatic rings. The first-order valence-corrected chi connectivity index (χ1v) is 7.46. The zero-order valence-corrected chi connectivity index (χ0v) is 11.3. The summed E-state index contributed by atoms with van der Waals surface area (Å²) in [6.45, 7) is 2.22. The first-order valence-electron chi connectivity index (χ1n) is 7.46. The highest BCUT2D eigenvalue weighted by molar-refractivity contribution is 5.69. The van der Waals surface area contributed by atoms with E-state index in [0.29, 0.717) is 0 Å². The molecule has 1 rings (SSSR count). The molecule has 1 unspecified atom stereocenters. The van der Waals surface area contributed by atoms with Crippen LogP contribution < -0.4 is 0 Å². The van der Waals surface area contributed by atoms with E-state index in [9.17, 15) is 9.90 Å². The molecule has 0 aromatic carbocycles. The Morgan fingerprint density at radius 2 is 1.82 bits per heavy atom. The molecule has 2 heteroatoms. The molecule has 100 valence electrons. The van der Waals surface area contributed by atoms with Crippen LogP contribution in [0.5, 0.6) is 0 Å². The van der Waals surface area contributed by atoms with Gasteiger partial charge in [0.25, 0.3) is 0 Å². The fourth-order valence-electron chi connectivity index (χ4n) is 2.64. The van der Waals surface area contributed by atoms with E-state index in [2.05, 4.69) is 6.92 Å². The SMILES string of the molecule is CCCCCCCCC(CC1CCC1)C(=O)O. The van der Waals surface area contributed by atoms with E-state index in [1.165, 1.54) is 51.4 Å². The fourth-order valence-corrected chi connectivity index (χ4v) is 2.64. The van der Waals surface area contributed by atoms with Crippen LogP contribution in [-0.2, 0) is 4.79 Å². The van der Waals surface area contributed by atoms with Crippen molar-refractivity contribution < 1.29 is 9.90 Å². The molecule has 0 aromatic rings. The Hall–Kier alpha value is -0.530. The summed E-state index contributed by atoms with van der Waals surface area (Å²) in [6, 6.07) is 0. The lowest BCUT2D eigenvalue weighted by molar-refractivity contribution is -0.142. The number of aliphatic carboxylic acids is 1. The topological polar surface area (TPSA) is 37.3 Å². The van der Waals surface area contributed by atoms with Crippen molar-refractivity contribution in [1.29, 1.82) is 0 Å². The Kier molecular flexibility index (Phi) is 7.30. The molecule has 0 saturated heterocycles. The minimum atomic E-state index is -0.564. The number of carboxylic acids is 1. The second-order valence-corrected chi connectivity index (χ2v) is 5.62. The summed E-state index contributed by atoms with van der Waals surface area (Å²) in [5.41, 5.74) is 0. The highest BCUT2D eigenvalue weighted by Crippen LogP contribution is 2.33. The maximum Gasteiger partial charge on any atom is 0.306 e. The Balaban J connectivity index is 2.05. The number of carboxylic acid groups (broad SMARTS) is 1. The van der Waals surface area contributed by atoms with E-state index in [-0.39, 0.29) is 5.92 Å². The summed E-state index contributed by atoms with van der Waals surface area (Å²) in [5, 5.41) is 9.18. The second kappa shape index (κ2) is 8.54. The molecule has 0 aliphatic heterocycles. The molecule has 0 radical (unpaired) electrons. The lowest BCUT2D eigenvalue weighted by atomic mass is 9.78. The first-order chi connectivity index (χ1) is 8.24. The van der Waals surface area contributed by atoms with Gasteiger partial charge in [0.2, 0.25) is 0 Å². The number of unbranched alkanes of at least 4 members (excludes halogenated alkanes) is 5. The minimum Gasteiger partial charge on any atom is -0.481 e. The van der Waals surface area contributed by atoms with Gasteiger partial charge >= 0.3 is 5.97 Å². The summed E-state index contributed by atoms with van der Waals surface area (Å²) in [6.07, 6.45) is 13.2. The van der Waals surface area contributed by atoms with Crippen LogP contribution in [-0.4, -0.2) is 11.1 Å². The fraction of sp³-hybridized carbons (Fsp3) is 0.933. The molecule has 0 spiro atoms. The van der Waals surface area contributed by atoms with Crippen molar-refractivity contribution in [3.8, 4) is 0 Å². The lowest BCUT2D eigenvalue weighted by Gasteiger charge is -2.28. The van der Waals surface area contributed by atoms with Gasteiger partial charge in [-0.2, -0.15) is 0 Å². The van der Waals surface area contributed by atoms with Gasteiger partial charge in [0.1, 0.15) is 0 Å². The average molecular weight is 240 g/mol. The van der Waals surface area contributed by atoms with Gasteiger partial charge in [-0.1, -0.05) is 64.7 Å². The van der Waals surface area contributed by atoms with Crippen molar-refractivity contribution in [1.82, 2.24) is 0 Å². The van der Waals surface area contributed by atoms with E-state index in [4.69, 9.17) is 0 Å². The molecule has 1 N–H and O–H groups in total. The van der Waals surface area contributed by atoms with E-state index in [0.717, 1.165) is 25.2 Å². The van der Waals surface area contributed by atoms with Gasteiger partial charge in [0.05, 0.1) is 5.92 Å². The van der Waals surface area contributed by atoms with Gasteiger partial charge in [-0.25, -0.2) is 0 Å². The highest BCUT2D eigenvalue weighted by Gasteiger charge is 2.25. The molecular formula is C15H28O2. The van der Waals surface area contributed by atoms with Crippen molar-refractivity contribution in [2.45, 2.75) is 77.6 Å². The van der Waals surface area contributed by atoms with Crippen molar-refractivity contribution in [2.24, 2.45) is 11.8 Å². The Bertz CT molecular complexity index is 209. The molecule has 0 amide bonds. The standard InChI is InChI=1S/C15H28O2/c1-2-3-4-5-6-7-11-14(15(16)17)12-13-9-8-10-13/h13-14H,2-12H2,1H3,(H,16,17). The molecule has 1 aliphatic carbocycles. The van der Waals surface area contributed by atoms with Crippen LogP contribution in [0.4, 0.5) is 0 Å². The molecule has 2 nitrogen and oxygen atoms in total. The van der Waals surface area contributed by atoms with Crippen molar-refractivity contribution in [3.05, 3.63) is 0 Å². The van der Waals surface area contributed by atoms with Crippen LogP contribution in [0.1, 0.15) is 77.6 Å². The van der Waals surface area contributed by atoms with Gasteiger partial charge in [0, 0.05) is 0 Å². The third-order valence-corrected chi connectivity index (χ3v) is 4.10. The van der Waals surface area contributed by atoms with E-state index in [1.807, 2.05) is 0 Å². The maximum atomic E-state index is 11.1. The molecule has 17 heavy (non-hydrogen) atoms. The Labute approximate surface area is 106 Å². The number of hydrogen-bond donors (Lipinski definition) is 1. The van der Waals surface area contributed by atoms with Gasteiger partial charge in [-0.05, 0) is 18.8 Å². The van der Waals surface area contributed by atoms with Gasteiger partial charge in [-0.3, -0.25) is 4.79 Å². The molecular weight excluding hydrogens is 212 g/mol. The summed E-state index contributed by atoms with van der Waals surface area (Å²) < 4.78 is 0. The first kappa shape index (κ1) is 14.5. The maximum absolute atomic E-state index is 11.1. The van der Waals surface area contributed by atoms with Crippen LogP contribution >= 0.6 is 0 Å². The third kappa shape index (κ3) is 6.09.